The molecule has 2 N–H and O–H groups in total. The Bertz CT molecular complexity index is 689. The first-order chi connectivity index (χ1) is 11.5. The molecule has 1 aromatic heterocycles. The van der Waals surface area contributed by atoms with E-state index in [-0.39, 0.29) is 5.91 Å². The molecule has 0 spiro atoms. The van der Waals surface area contributed by atoms with Crippen LogP contribution in [0.2, 0.25) is 10.0 Å². The molecule has 1 aromatic carbocycles. The first-order valence-electron chi connectivity index (χ1n) is 7.57. The average molecular weight is 367 g/mol. The molecule has 2 rings (SSSR count). The van der Waals surface area contributed by atoms with E-state index in [1.54, 1.807) is 30.5 Å². The van der Waals surface area contributed by atoms with Crippen LogP contribution in [0.1, 0.15) is 16.9 Å². The van der Waals surface area contributed by atoms with Gasteiger partial charge in [0, 0.05) is 6.54 Å². The van der Waals surface area contributed by atoms with Crippen molar-refractivity contribution in [3.05, 3.63) is 52.3 Å². The number of carbonyl (C=O) groups is 1. The second kappa shape index (κ2) is 8.87. The highest BCUT2D eigenvalue weighted by Crippen LogP contribution is 2.29. The number of amides is 1. The summed E-state index contributed by atoms with van der Waals surface area (Å²) >= 11 is 12.0. The van der Waals surface area contributed by atoms with E-state index in [2.05, 4.69) is 20.5 Å². The lowest BCUT2D eigenvalue weighted by Crippen LogP contribution is -2.17. The molecule has 0 unspecified atom stereocenters. The van der Waals surface area contributed by atoms with Crippen LogP contribution >= 0.6 is 23.2 Å². The predicted molar refractivity (Wildman–Crippen MR) is 100 cm³/mol. The number of rotatable bonds is 7. The van der Waals surface area contributed by atoms with Crippen LogP contribution in [-0.2, 0) is 0 Å². The Morgan fingerprint density at radius 1 is 1.21 bits per heavy atom. The van der Waals surface area contributed by atoms with Gasteiger partial charge in [0.2, 0.25) is 0 Å². The van der Waals surface area contributed by atoms with E-state index in [9.17, 15) is 4.79 Å². The molecule has 0 aliphatic heterocycles. The third-order valence-corrected chi connectivity index (χ3v) is 4.13. The van der Waals surface area contributed by atoms with Gasteiger partial charge in [-0.3, -0.25) is 4.79 Å². The fraction of sp³-hybridized carbons (Fsp3) is 0.294. The smallest absolute Gasteiger partial charge is 0.274 e. The Kier molecular flexibility index (Phi) is 6.85. The minimum absolute atomic E-state index is 0.310. The molecule has 0 radical (unpaired) electrons. The average Bonchev–Trinajstić information content (AvgIpc) is 2.56. The molecule has 0 saturated heterocycles. The number of pyridine rings is 1. The van der Waals surface area contributed by atoms with Crippen molar-refractivity contribution in [1.82, 2.24) is 9.88 Å². The molecule has 2 aromatic rings. The van der Waals surface area contributed by atoms with Crippen molar-refractivity contribution >= 4 is 40.5 Å². The SMILES string of the molecule is CN(C)CCCNc1ccc(C(=O)Nc2cccc(Cl)c2Cl)nc1. The number of anilines is 2. The number of halogens is 2. The molecule has 0 saturated carbocycles. The highest BCUT2D eigenvalue weighted by Gasteiger charge is 2.11. The van der Waals surface area contributed by atoms with Gasteiger partial charge in [-0.15, -0.1) is 0 Å². The molecular weight excluding hydrogens is 347 g/mol. The Labute approximate surface area is 152 Å². The van der Waals surface area contributed by atoms with Crippen molar-refractivity contribution in [3.8, 4) is 0 Å². The summed E-state index contributed by atoms with van der Waals surface area (Å²) in [6, 6.07) is 8.57. The molecule has 0 bridgehead atoms. The minimum atomic E-state index is -0.335. The molecule has 128 valence electrons. The number of aromatic nitrogens is 1. The van der Waals surface area contributed by atoms with Gasteiger partial charge in [0.1, 0.15) is 5.69 Å². The van der Waals surface area contributed by atoms with Crippen LogP contribution in [0.5, 0.6) is 0 Å². The molecule has 24 heavy (non-hydrogen) atoms. The quantitative estimate of drug-likeness (QED) is 0.727. The summed E-state index contributed by atoms with van der Waals surface area (Å²) in [6.07, 6.45) is 2.67. The zero-order chi connectivity index (χ0) is 17.5. The molecular formula is C17H20Cl2N4O. The zero-order valence-electron chi connectivity index (χ0n) is 13.6. The molecule has 0 atom stereocenters. The summed E-state index contributed by atoms with van der Waals surface area (Å²) in [5.41, 5.74) is 1.65. The monoisotopic (exact) mass is 366 g/mol. The van der Waals surface area contributed by atoms with Gasteiger partial charge >= 0.3 is 0 Å². The van der Waals surface area contributed by atoms with Crippen LogP contribution in [0, 0.1) is 0 Å². The fourth-order valence-electron chi connectivity index (χ4n) is 2.05. The van der Waals surface area contributed by atoms with E-state index in [0.717, 1.165) is 25.2 Å². The standard InChI is InChI=1S/C17H20Cl2N4O/c1-23(2)10-4-9-20-12-7-8-15(21-11-12)17(24)22-14-6-3-5-13(18)16(14)19/h3,5-8,11,20H,4,9-10H2,1-2H3,(H,22,24). The maximum absolute atomic E-state index is 12.2. The lowest BCUT2D eigenvalue weighted by atomic mass is 10.2. The number of hydrogen-bond acceptors (Lipinski definition) is 4. The van der Waals surface area contributed by atoms with Gasteiger partial charge < -0.3 is 15.5 Å². The Morgan fingerprint density at radius 2 is 2.00 bits per heavy atom. The van der Waals surface area contributed by atoms with Crippen molar-refractivity contribution < 1.29 is 4.79 Å². The van der Waals surface area contributed by atoms with Crippen molar-refractivity contribution in [2.75, 3.05) is 37.8 Å². The second-order valence-electron chi connectivity index (χ2n) is 5.57. The Morgan fingerprint density at radius 3 is 2.67 bits per heavy atom. The first-order valence-corrected chi connectivity index (χ1v) is 8.33. The first kappa shape index (κ1) is 18.5. The molecule has 0 aliphatic rings. The number of carbonyl (C=O) groups excluding carboxylic acids is 1. The molecule has 1 amide bonds. The van der Waals surface area contributed by atoms with Gasteiger partial charge in [0.05, 0.1) is 27.6 Å². The summed E-state index contributed by atoms with van der Waals surface area (Å²) in [4.78, 5) is 18.5. The maximum Gasteiger partial charge on any atom is 0.274 e. The largest absolute Gasteiger partial charge is 0.384 e. The molecule has 1 heterocycles. The number of benzene rings is 1. The fourth-order valence-corrected chi connectivity index (χ4v) is 2.40. The third-order valence-electron chi connectivity index (χ3n) is 3.31. The van der Waals surface area contributed by atoms with Crippen LogP contribution in [0.25, 0.3) is 0 Å². The van der Waals surface area contributed by atoms with Gasteiger partial charge in [-0.1, -0.05) is 29.3 Å². The summed E-state index contributed by atoms with van der Waals surface area (Å²) in [7, 11) is 4.09. The van der Waals surface area contributed by atoms with Crippen LogP contribution in [0.4, 0.5) is 11.4 Å². The molecule has 7 heteroatoms. The van der Waals surface area contributed by atoms with Gasteiger partial charge in [-0.2, -0.15) is 0 Å². The van der Waals surface area contributed by atoms with Crippen molar-refractivity contribution in [3.63, 3.8) is 0 Å². The van der Waals surface area contributed by atoms with Gasteiger partial charge in [-0.25, -0.2) is 4.98 Å². The van der Waals surface area contributed by atoms with Gasteiger partial charge in [-0.05, 0) is 51.3 Å². The van der Waals surface area contributed by atoms with Crippen LogP contribution in [0.3, 0.4) is 0 Å². The van der Waals surface area contributed by atoms with E-state index in [1.807, 2.05) is 20.2 Å². The van der Waals surface area contributed by atoms with E-state index in [1.165, 1.54) is 0 Å². The Hall–Kier alpha value is -1.82. The summed E-state index contributed by atoms with van der Waals surface area (Å²) < 4.78 is 0. The van der Waals surface area contributed by atoms with Crippen molar-refractivity contribution in [1.29, 1.82) is 0 Å². The molecule has 0 aliphatic carbocycles. The highest BCUT2D eigenvalue weighted by atomic mass is 35.5. The van der Waals surface area contributed by atoms with Crippen LogP contribution < -0.4 is 10.6 Å². The van der Waals surface area contributed by atoms with Crippen LogP contribution in [-0.4, -0.2) is 43.0 Å². The molecule has 5 nitrogen and oxygen atoms in total. The van der Waals surface area contributed by atoms with E-state index < -0.39 is 0 Å². The lowest BCUT2D eigenvalue weighted by Gasteiger charge is -2.11. The van der Waals surface area contributed by atoms with E-state index in [0.29, 0.717) is 21.4 Å². The summed E-state index contributed by atoms with van der Waals surface area (Å²) in [5.74, 6) is -0.335. The maximum atomic E-state index is 12.2. The number of nitrogens with one attached hydrogen (secondary N) is 2. The second-order valence-corrected chi connectivity index (χ2v) is 6.36. The zero-order valence-corrected chi connectivity index (χ0v) is 15.2. The predicted octanol–water partition coefficient (Wildman–Crippen LogP) is 4.00. The topological polar surface area (TPSA) is 57.3 Å². The van der Waals surface area contributed by atoms with Gasteiger partial charge in [0.15, 0.2) is 0 Å². The Balaban J connectivity index is 1.92. The number of hydrogen-bond donors (Lipinski definition) is 2. The van der Waals surface area contributed by atoms with Crippen LogP contribution in [0.15, 0.2) is 36.5 Å². The summed E-state index contributed by atoms with van der Waals surface area (Å²) in [6.45, 7) is 1.87. The van der Waals surface area contributed by atoms with E-state index >= 15 is 0 Å². The van der Waals surface area contributed by atoms with Crippen molar-refractivity contribution in [2.45, 2.75) is 6.42 Å². The minimum Gasteiger partial charge on any atom is -0.384 e. The van der Waals surface area contributed by atoms with Gasteiger partial charge in [0.25, 0.3) is 5.91 Å². The highest BCUT2D eigenvalue weighted by molar-refractivity contribution is 6.44. The third kappa shape index (κ3) is 5.37. The number of nitrogens with zero attached hydrogens (tertiary/aromatic N) is 2. The normalized spacial score (nSPS) is 10.7. The molecule has 0 fully saturated rings. The summed E-state index contributed by atoms with van der Waals surface area (Å²) in [5, 5.41) is 6.68. The lowest BCUT2D eigenvalue weighted by molar-refractivity contribution is 0.102. The van der Waals surface area contributed by atoms with E-state index in [4.69, 9.17) is 23.2 Å². The van der Waals surface area contributed by atoms with Crippen molar-refractivity contribution in [2.24, 2.45) is 0 Å².